The number of ether oxygens (including phenoxy) is 2. The number of hydrazone groups is 1. The Kier molecular flexibility index (Phi) is 8.69. The fraction of sp³-hybridized carbons (Fsp3) is 0.103. The number of rotatable bonds is 9. The summed E-state index contributed by atoms with van der Waals surface area (Å²) in [5, 5.41) is 8.49. The molecule has 192 valence electrons. The number of amides is 2. The number of benzene rings is 4. The maximum atomic E-state index is 12.8. The molecule has 2 amide bonds. The average Bonchev–Trinajstić information content (AvgIpc) is 2.93. The second kappa shape index (κ2) is 12.5. The molecule has 8 nitrogen and oxygen atoms in total. The van der Waals surface area contributed by atoms with Gasteiger partial charge >= 0.3 is 5.97 Å². The molecule has 4 rings (SSSR count). The Morgan fingerprint density at radius 2 is 1.66 bits per heavy atom. The minimum atomic E-state index is -0.624. The van der Waals surface area contributed by atoms with Gasteiger partial charge in [0.05, 0.1) is 30.0 Å². The predicted molar refractivity (Wildman–Crippen MR) is 146 cm³/mol. The fourth-order valence-electron chi connectivity index (χ4n) is 3.62. The van der Waals surface area contributed by atoms with E-state index in [0.717, 1.165) is 10.8 Å². The minimum absolute atomic E-state index is 0.224. The van der Waals surface area contributed by atoms with E-state index in [1.165, 1.54) is 6.21 Å². The van der Waals surface area contributed by atoms with Crippen LogP contribution < -0.4 is 20.2 Å². The van der Waals surface area contributed by atoms with Crippen molar-refractivity contribution < 1.29 is 23.9 Å². The van der Waals surface area contributed by atoms with E-state index < -0.39 is 17.8 Å². The van der Waals surface area contributed by atoms with Gasteiger partial charge < -0.3 is 14.8 Å². The molecule has 0 radical (unpaired) electrons. The zero-order chi connectivity index (χ0) is 26.9. The number of nitrogens with one attached hydrogen (secondary N) is 2. The third-order valence-corrected chi connectivity index (χ3v) is 5.78. The third-order valence-electron chi connectivity index (χ3n) is 5.45. The summed E-state index contributed by atoms with van der Waals surface area (Å²) in [6.07, 6.45) is 1.39. The number of fused-ring (bicyclic) bond motifs is 1. The number of esters is 1. The third kappa shape index (κ3) is 6.54. The minimum Gasteiger partial charge on any atom is -0.494 e. The summed E-state index contributed by atoms with van der Waals surface area (Å²) in [6.45, 7) is 2.11. The van der Waals surface area contributed by atoms with Crippen LogP contribution in [0.3, 0.4) is 0 Å². The summed E-state index contributed by atoms with van der Waals surface area (Å²) in [5.74, 6) is -0.663. The smallest absolute Gasteiger partial charge is 0.345 e. The predicted octanol–water partition coefficient (Wildman–Crippen LogP) is 4.99. The Bertz CT molecular complexity index is 1500. The highest BCUT2D eigenvalue weighted by molar-refractivity contribution is 6.33. The maximum absolute atomic E-state index is 12.8. The van der Waals surface area contributed by atoms with Crippen LogP contribution in [0.5, 0.6) is 11.5 Å². The van der Waals surface area contributed by atoms with Crippen LogP contribution in [0, 0.1) is 0 Å². The number of carbonyl (C=O) groups is 3. The summed E-state index contributed by atoms with van der Waals surface area (Å²) in [6, 6.07) is 24.1. The zero-order valence-corrected chi connectivity index (χ0v) is 21.2. The highest BCUT2D eigenvalue weighted by Crippen LogP contribution is 2.28. The van der Waals surface area contributed by atoms with E-state index in [1.54, 1.807) is 54.6 Å². The van der Waals surface area contributed by atoms with E-state index in [9.17, 15) is 14.4 Å². The Morgan fingerprint density at radius 1 is 0.921 bits per heavy atom. The van der Waals surface area contributed by atoms with E-state index in [1.807, 2.05) is 37.3 Å². The van der Waals surface area contributed by atoms with Crippen molar-refractivity contribution in [3.05, 3.63) is 107 Å². The first kappa shape index (κ1) is 26.4. The SMILES string of the molecule is CCOc1ccc(C(=O)NCC(=O)N/N=C\c2c(OC(=O)c3ccccc3Cl)ccc3ccccc23)cc1. The van der Waals surface area contributed by atoms with Crippen molar-refractivity contribution in [3.8, 4) is 11.5 Å². The summed E-state index contributed by atoms with van der Waals surface area (Å²) in [5.41, 5.74) is 3.49. The molecule has 4 aromatic carbocycles. The van der Waals surface area contributed by atoms with E-state index in [2.05, 4.69) is 15.8 Å². The van der Waals surface area contributed by atoms with Crippen molar-refractivity contribution in [2.45, 2.75) is 6.92 Å². The lowest BCUT2D eigenvalue weighted by atomic mass is 10.0. The molecular weight excluding hydrogens is 506 g/mol. The molecule has 0 aromatic heterocycles. The molecule has 0 unspecified atom stereocenters. The van der Waals surface area contributed by atoms with E-state index >= 15 is 0 Å². The van der Waals surface area contributed by atoms with Crippen molar-refractivity contribution in [1.82, 2.24) is 10.7 Å². The molecule has 0 atom stereocenters. The van der Waals surface area contributed by atoms with Gasteiger partial charge in [-0.15, -0.1) is 0 Å². The topological polar surface area (TPSA) is 106 Å². The molecule has 0 saturated carbocycles. The summed E-state index contributed by atoms with van der Waals surface area (Å²) < 4.78 is 11.0. The molecule has 0 saturated heterocycles. The standard InChI is InChI=1S/C29H24ClN3O5/c1-2-37-21-14-11-20(12-15-21)28(35)31-18-27(34)33-32-17-24-22-8-4-3-7-19(22)13-16-26(24)38-29(36)23-9-5-6-10-25(23)30/h3-17H,2,18H2,1H3,(H,31,35)(H,33,34)/b32-17-. The molecule has 0 bridgehead atoms. The summed E-state index contributed by atoms with van der Waals surface area (Å²) >= 11 is 6.14. The highest BCUT2D eigenvalue weighted by Gasteiger charge is 2.16. The van der Waals surface area contributed by atoms with Crippen LogP contribution in [0.2, 0.25) is 5.02 Å². The average molecular weight is 530 g/mol. The van der Waals surface area contributed by atoms with Crippen LogP contribution >= 0.6 is 11.6 Å². The van der Waals surface area contributed by atoms with Crippen LogP contribution in [0.4, 0.5) is 0 Å². The van der Waals surface area contributed by atoms with Gasteiger partial charge in [0.15, 0.2) is 0 Å². The first-order valence-electron chi connectivity index (χ1n) is 11.8. The lowest BCUT2D eigenvalue weighted by Crippen LogP contribution is -2.34. The molecule has 4 aromatic rings. The number of halogens is 1. The lowest BCUT2D eigenvalue weighted by molar-refractivity contribution is -0.120. The van der Waals surface area contributed by atoms with Gasteiger partial charge in [-0.05, 0) is 60.2 Å². The molecule has 9 heteroatoms. The number of nitrogens with zero attached hydrogens (tertiary/aromatic N) is 1. The molecule has 0 spiro atoms. The van der Waals surface area contributed by atoms with Gasteiger partial charge in [-0.25, -0.2) is 10.2 Å². The monoisotopic (exact) mass is 529 g/mol. The molecule has 0 fully saturated rings. The maximum Gasteiger partial charge on any atom is 0.345 e. The second-order valence-corrected chi connectivity index (χ2v) is 8.41. The first-order chi connectivity index (χ1) is 18.5. The van der Waals surface area contributed by atoms with Gasteiger partial charge in [-0.3, -0.25) is 9.59 Å². The van der Waals surface area contributed by atoms with Crippen LogP contribution in [0.15, 0.2) is 90.0 Å². The second-order valence-electron chi connectivity index (χ2n) is 8.00. The first-order valence-corrected chi connectivity index (χ1v) is 12.2. The zero-order valence-electron chi connectivity index (χ0n) is 20.4. The highest BCUT2D eigenvalue weighted by atomic mass is 35.5. The van der Waals surface area contributed by atoms with E-state index in [-0.39, 0.29) is 22.9 Å². The molecule has 2 N–H and O–H groups in total. The van der Waals surface area contributed by atoms with Gasteiger partial charge in [0.25, 0.3) is 11.8 Å². The number of hydrogen-bond acceptors (Lipinski definition) is 6. The van der Waals surface area contributed by atoms with Gasteiger partial charge in [0, 0.05) is 11.1 Å². The van der Waals surface area contributed by atoms with Crippen LogP contribution in [-0.2, 0) is 4.79 Å². The van der Waals surface area contributed by atoms with Crippen molar-refractivity contribution in [2.24, 2.45) is 5.10 Å². The summed E-state index contributed by atoms with van der Waals surface area (Å²) in [7, 11) is 0. The summed E-state index contributed by atoms with van der Waals surface area (Å²) in [4.78, 5) is 37.4. The Hall–Kier alpha value is -4.69. The van der Waals surface area contributed by atoms with Gasteiger partial charge in [-0.1, -0.05) is 54.1 Å². The molecule has 0 aliphatic carbocycles. The van der Waals surface area contributed by atoms with Crippen molar-refractivity contribution in [2.75, 3.05) is 13.2 Å². The Morgan fingerprint density at radius 3 is 2.42 bits per heavy atom. The quantitative estimate of drug-likeness (QED) is 0.137. The Labute approximate surface area is 224 Å². The van der Waals surface area contributed by atoms with Crippen molar-refractivity contribution >= 4 is 46.4 Å². The molecule has 0 aliphatic heterocycles. The van der Waals surface area contributed by atoms with Crippen molar-refractivity contribution in [3.63, 3.8) is 0 Å². The number of hydrogen-bond donors (Lipinski definition) is 2. The lowest BCUT2D eigenvalue weighted by Gasteiger charge is -2.11. The largest absolute Gasteiger partial charge is 0.494 e. The van der Waals surface area contributed by atoms with E-state index in [0.29, 0.717) is 23.5 Å². The van der Waals surface area contributed by atoms with Crippen LogP contribution in [0.25, 0.3) is 10.8 Å². The van der Waals surface area contributed by atoms with E-state index in [4.69, 9.17) is 21.1 Å². The number of carbonyl (C=O) groups excluding carboxylic acids is 3. The fourth-order valence-corrected chi connectivity index (χ4v) is 3.83. The molecular formula is C29H24ClN3O5. The van der Waals surface area contributed by atoms with Gasteiger partial charge in [0.2, 0.25) is 0 Å². The van der Waals surface area contributed by atoms with Gasteiger partial charge in [-0.2, -0.15) is 5.10 Å². The molecule has 0 heterocycles. The van der Waals surface area contributed by atoms with Crippen LogP contribution in [0.1, 0.15) is 33.2 Å². The molecule has 38 heavy (non-hydrogen) atoms. The van der Waals surface area contributed by atoms with Gasteiger partial charge in [0.1, 0.15) is 11.5 Å². The normalized spacial score (nSPS) is 10.8. The van der Waals surface area contributed by atoms with Crippen LogP contribution in [-0.4, -0.2) is 37.1 Å². The Balaban J connectivity index is 1.44. The van der Waals surface area contributed by atoms with Crippen molar-refractivity contribution in [1.29, 1.82) is 0 Å². The molecule has 0 aliphatic rings.